The largest absolute Gasteiger partial charge is 0.368 e. The third-order valence-corrected chi connectivity index (χ3v) is 2.58. The maximum Gasteiger partial charge on any atom is 0.237 e. The first-order valence-electron chi connectivity index (χ1n) is 3.08. The van der Waals surface area contributed by atoms with Crippen molar-refractivity contribution >= 4 is 38.3 Å². The van der Waals surface area contributed by atoms with Gasteiger partial charge in [-0.3, -0.25) is 4.79 Å². The molecule has 1 aromatic rings. The van der Waals surface area contributed by atoms with Crippen molar-refractivity contribution < 1.29 is 4.79 Å². The zero-order valence-corrected chi connectivity index (χ0v) is 8.72. The normalized spacial score (nSPS) is 9.83. The molecule has 1 heterocycles. The van der Waals surface area contributed by atoms with E-state index in [0.29, 0.717) is 9.05 Å². The third-order valence-electron chi connectivity index (χ3n) is 1.11. The monoisotopic (exact) mass is 250 g/mol. The van der Waals surface area contributed by atoms with Crippen LogP contribution in [0.1, 0.15) is 0 Å². The van der Waals surface area contributed by atoms with Gasteiger partial charge in [0.15, 0.2) is 3.92 Å². The van der Waals surface area contributed by atoms with E-state index < -0.39 is 0 Å². The Morgan fingerprint density at radius 2 is 2.42 bits per heavy atom. The maximum absolute atomic E-state index is 10.5. The molecular weight excluding hydrogens is 244 g/mol. The SMILES string of the molecule is CN(CC(N)=O)c1nnc(Br)s1. The molecule has 0 atom stereocenters. The molecule has 12 heavy (non-hydrogen) atoms. The number of rotatable bonds is 3. The Kier molecular flexibility index (Phi) is 2.99. The first-order valence-corrected chi connectivity index (χ1v) is 4.69. The van der Waals surface area contributed by atoms with Gasteiger partial charge >= 0.3 is 0 Å². The predicted molar refractivity (Wildman–Crippen MR) is 50.1 cm³/mol. The van der Waals surface area contributed by atoms with Crippen molar-refractivity contribution in [3.8, 4) is 0 Å². The zero-order valence-electron chi connectivity index (χ0n) is 6.32. The van der Waals surface area contributed by atoms with Crippen LogP contribution in [-0.4, -0.2) is 29.7 Å². The van der Waals surface area contributed by atoms with Gasteiger partial charge in [-0.15, -0.1) is 10.2 Å². The van der Waals surface area contributed by atoms with Crippen LogP contribution in [0.4, 0.5) is 5.13 Å². The molecule has 0 bridgehead atoms. The molecule has 0 unspecified atom stereocenters. The molecule has 0 aliphatic carbocycles. The molecule has 1 amide bonds. The fourth-order valence-electron chi connectivity index (χ4n) is 0.654. The van der Waals surface area contributed by atoms with Crippen molar-refractivity contribution in [1.82, 2.24) is 10.2 Å². The highest BCUT2D eigenvalue weighted by Crippen LogP contribution is 2.22. The van der Waals surface area contributed by atoms with Crippen LogP contribution >= 0.6 is 27.3 Å². The lowest BCUT2D eigenvalue weighted by atomic mass is 10.6. The number of hydrogen-bond acceptors (Lipinski definition) is 5. The summed E-state index contributed by atoms with van der Waals surface area (Å²) >= 11 is 4.52. The Morgan fingerprint density at radius 1 is 1.75 bits per heavy atom. The lowest BCUT2D eigenvalue weighted by molar-refractivity contribution is -0.116. The van der Waals surface area contributed by atoms with E-state index in [1.165, 1.54) is 11.3 Å². The topological polar surface area (TPSA) is 72.1 Å². The van der Waals surface area contributed by atoms with Gasteiger partial charge < -0.3 is 10.6 Å². The van der Waals surface area contributed by atoms with Crippen LogP contribution in [0, 0.1) is 0 Å². The molecular formula is C5H7BrN4OS. The van der Waals surface area contributed by atoms with Crippen LogP contribution in [-0.2, 0) is 4.79 Å². The number of halogens is 1. The molecule has 2 N–H and O–H groups in total. The van der Waals surface area contributed by atoms with Gasteiger partial charge in [0.05, 0.1) is 6.54 Å². The molecule has 0 aliphatic heterocycles. The van der Waals surface area contributed by atoms with Gasteiger partial charge in [0, 0.05) is 7.05 Å². The van der Waals surface area contributed by atoms with E-state index in [4.69, 9.17) is 5.73 Å². The fraction of sp³-hybridized carbons (Fsp3) is 0.400. The Labute approximate surface area is 81.7 Å². The summed E-state index contributed by atoms with van der Waals surface area (Å²) in [5, 5.41) is 8.21. The average molecular weight is 251 g/mol. The quantitative estimate of drug-likeness (QED) is 0.834. The molecule has 0 saturated heterocycles. The highest BCUT2D eigenvalue weighted by Gasteiger charge is 2.08. The summed E-state index contributed by atoms with van der Waals surface area (Å²) in [7, 11) is 1.73. The Bertz CT molecular complexity index is 289. The molecule has 0 fully saturated rings. The highest BCUT2D eigenvalue weighted by molar-refractivity contribution is 9.11. The third kappa shape index (κ3) is 2.42. The van der Waals surface area contributed by atoms with E-state index in [9.17, 15) is 4.79 Å². The maximum atomic E-state index is 10.5. The summed E-state index contributed by atoms with van der Waals surface area (Å²) in [5.74, 6) is -0.385. The van der Waals surface area contributed by atoms with E-state index in [0.717, 1.165) is 0 Å². The van der Waals surface area contributed by atoms with E-state index in [-0.39, 0.29) is 12.5 Å². The van der Waals surface area contributed by atoms with Crippen molar-refractivity contribution in [3.05, 3.63) is 3.92 Å². The first kappa shape index (κ1) is 9.40. The number of anilines is 1. The summed E-state index contributed by atoms with van der Waals surface area (Å²) in [5.41, 5.74) is 5.00. The van der Waals surface area contributed by atoms with Gasteiger partial charge in [-0.2, -0.15) is 0 Å². The predicted octanol–water partition coefficient (Wildman–Crippen LogP) is 0.222. The summed E-state index contributed by atoms with van der Waals surface area (Å²) in [6.07, 6.45) is 0. The molecule has 7 heteroatoms. The van der Waals surface area contributed by atoms with Crippen molar-refractivity contribution in [1.29, 1.82) is 0 Å². The molecule has 0 aliphatic rings. The molecule has 0 radical (unpaired) electrons. The summed E-state index contributed by atoms with van der Waals surface area (Å²) in [6, 6.07) is 0. The van der Waals surface area contributed by atoms with Crippen LogP contribution in [0.25, 0.3) is 0 Å². The number of amides is 1. The number of likely N-dealkylation sites (N-methyl/N-ethyl adjacent to an activating group) is 1. The van der Waals surface area contributed by atoms with Crippen molar-refractivity contribution in [3.63, 3.8) is 0 Å². The minimum Gasteiger partial charge on any atom is -0.368 e. The van der Waals surface area contributed by atoms with Crippen molar-refractivity contribution in [2.45, 2.75) is 0 Å². The number of nitrogens with zero attached hydrogens (tertiary/aromatic N) is 3. The van der Waals surface area contributed by atoms with Gasteiger partial charge in [-0.1, -0.05) is 11.3 Å². The van der Waals surface area contributed by atoms with Gasteiger partial charge in [0.1, 0.15) is 0 Å². The number of nitrogens with two attached hydrogens (primary N) is 1. The number of primary amides is 1. The number of carbonyl (C=O) groups excluding carboxylic acids is 1. The minimum atomic E-state index is -0.385. The summed E-state index contributed by atoms with van der Waals surface area (Å²) in [6.45, 7) is 0.154. The van der Waals surface area contributed by atoms with Gasteiger partial charge in [-0.25, -0.2) is 0 Å². The Hall–Kier alpha value is -0.690. The minimum absolute atomic E-state index is 0.154. The number of carbonyl (C=O) groups is 1. The van der Waals surface area contributed by atoms with Crippen LogP contribution in [0.3, 0.4) is 0 Å². The van der Waals surface area contributed by atoms with Gasteiger partial charge in [0.2, 0.25) is 11.0 Å². The molecule has 1 rings (SSSR count). The van der Waals surface area contributed by atoms with Crippen molar-refractivity contribution in [2.24, 2.45) is 5.73 Å². The average Bonchev–Trinajstić information content (AvgIpc) is 2.34. The van der Waals surface area contributed by atoms with Crippen LogP contribution in [0.5, 0.6) is 0 Å². The van der Waals surface area contributed by atoms with E-state index in [1.54, 1.807) is 11.9 Å². The van der Waals surface area contributed by atoms with Crippen LogP contribution in [0.2, 0.25) is 0 Å². The number of hydrogen-bond donors (Lipinski definition) is 1. The van der Waals surface area contributed by atoms with Gasteiger partial charge in [0.25, 0.3) is 0 Å². The fourth-order valence-corrected chi connectivity index (χ4v) is 1.70. The second kappa shape index (κ2) is 3.81. The smallest absolute Gasteiger partial charge is 0.237 e. The second-order valence-electron chi connectivity index (χ2n) is 2.16. The molecule has 0 aromatic carbocycles. The summed E-state index contributed by atoms with van der Waals surface area (Å²) in [4.78, 5) is 12.2. The molecule has 0 spiro atoms. The molecule has 5 nitrogen and oxygen atoms in total. The van der Waals surface area contributed by atoms with E-state index in [1.807, 2.05) is 0 Å². The van der Waals surface area contributed by atoms with Crippen LogP contribution in [0.15, 0.2) is 3.92 Å². The van der Waals surface area contributed by atoms with E-state index in [2.05, 4.69) is 26.1 Å². The first-order chi connectivity index (χ1) is 5.59. The second-order valence-corrected chi connectivity index (χ2v) is 4.39. The van der Waals surface area contributed by atoms with Gasteiger partial charge in [-0.05, 0) is 15.9 Å². The Morgan fingerprint density at radius 3 is 2.83 bits per heavy atom. The molecule has 0 saturated carbocycles. The lowest BCUT2D eigenvalue weighted by Crippen LogP contribution is -2.30. The standard InChI is InChI=1S/C5H7BrN4OS/c1-10(2-3(7)11)5-9-8-4(6)12-5/h2H2,1H3,(H2,7,11). The lowest BCUT2D eigenvalue weighted by Gasteiger charge is -2.10. The van der Waals surface area contributed by atoms with Crippen molar-refractivity contribution in [2.75, 3.05) is 18.5 Å². The highest BCUT2D eigenvalue weighted by atomic mass is 79.9. The molecule has 1 aromatic heterocycles. The van der Waals surface area contributed by atoms with E-state index >= 15 is 0 Å². The van der Waals surface area contributed by atoms with Crippen LogP contribution < -0.4 is 10.6 Å². The Balaban J connectivity index is 2.64. The zero-order chi connectivity index (χ0) is 9.14. The number of aromatic nitrogens is 2. The summed E-state index contributed by atoms with van der Waals surface area (Å²) < 4.78 is 0.689. The molecule has 66 valence electrons.